The highest BCUT2D eigenvalue weighted by Crippen LogP contribution is 2.28. The van der Waals surface area contributed by atoms with E-state index >= 15 is 0 Å². The first kappa shape index (κ1) is 22.9. The van der Waals surface area contributed by atoms with Crippen LogP contribution in [0.4, 0.5) is 10.5 Å². The summed E-state index contributed by atoms with van der Waals surface area (Å²) < 4.78 is 33.6. The summed E-state index contributed by atoms with van der Waals surface area (Å²) in [4.78, 5) is 26.8. The lowest BCUT2D eigenvalue weighted by Gasteiger charge is -2.12. The molecular weight excluding hydrogens is 438 g/mol. The fraction of sp³-hybridized carbons (Fsp3) is 0.238. The predicted octanol–water partition coefficient (Wildman–Crippen LogP) is 3.34. The Labute approximate surface area is 184 Å². The molecule has 0 saturated heterocycles. The number of carbonyl (C=O) groups is 1. The number of nitrogens with zero attached hydrogens (tertiary/aromatic N) is 1. The van der Waals surface area contributed by atoms with Crippen molar-refractivity contribution < 1.29 is 17.6 Å². The summed E-state index contributed by atoms with van der Waals surface area (Å²) >= 11 is 1.06. The number of aryl methyl sites for hydroxylation is 1. The van der Waals surface area contributed by atoms with Crippen LogP contribution in [0.15, 0.2) is 56.6 Å². The molecule has 0 aliphatic carbocycles. The fourth-order valence-electron chi connectivity index (χ4n) is 2.99. The molecule has 0 bridgehead atoms. The zero-order chi connectivity index (χ0) is 22.8. The quantitative estimate of drug-likeness (QED) is 0.431. The molecule has 0 aliphatic rings. The Morgan fingerprint density at radius 2 is 1.90 bits per heavy atom. The Morgan fingerprint density at radius 3 is 2.58 bits per heavy atom. The van der Waals surface area contributed by atoms with Crippen LogP contribution in [0.3, 0.4) is 0 Å². The molecule has 3 aromatic rings. The third-order valence-corrected chi connectivity index (χ3v) is 6.73. The van der Waals surface area contributed by atoms with Crippen LogP contribution < -0.4 is 15.1 Å². The van der Waals surface area contributed by atoms with Crippen LogP contribution in [0.1, 0.15) is 16.7 Å². The molecule has 0 aliphatic heterocycles. The van der Waals surface area contributed by atoms with Gasteiger partial charge in [-0.15, -0.1) is 0 Å². The van der Waals surface area contributed by atoms with Crippen LogP contribution in [-0.2, 0) is 16.6 Å². The molecule has 2 aromatic carbocycles. The van der Waals surface area contributed by atoms with Gasteiger partial charge in [-0.05, 0) is 60.1 Å². The Hall–Kier alpha value is -2.82. The van der Waals surface area contributed by atoms with Gasteiger partial charge < -0.3 is 9.32 Å². The molecule has 31 heavy (non-hydrogen) atoms. The Morgan fingerprint density at radius 1 is 1.16 bits per heavy atom. The van der Waals surface area contributed by atoms with Gasteiger partial charge in [0.2, 0.25) is 0 Å². The first-order valence-corrected chi connectivity index (χ1v) is 11.7. The molecule has 8 nitrogen and oxygen atoms in total. The monoisotopic (exact) mass is 461 g/mol. The lowest BCUT2D eigenvalue weighted by molar-refractivity contribution is 0.241. The SMILES string of the molecule is CNS(=O)(=O)Nc1cccc(Cc2c(C)c3ccc(SC(=O)N(C)C)cc3oc2=O)c1. The highest BCUT2D eigenvalue weighted by molar-refractivity contribution is 8.13. The van der Waals surface area contributed by atoms with E-state index in [1.54, 1.807) is 38.4 Å². The number of anilines is 1. The highest BCUT2D eigenvalue weighted by Gasteiger charge is 2.15. The Kier molecular flexibility index (Phi) is 6.73. The number of rotatable bonds is 6. The molecule has 0 spiro atoms. The van der Waals surface area contributed by atoms with Crippen molar-refractivity contribution in [3.63, 3.8) is 0 Å². The second kappa shape index (κ2) is 9.13. The number of carbonyl (C=O) groups excluding carboxylic acids is 1. The number of nitrogens with one attached hydrogen (secondary N) is 2. The van der Waals surface area contributed by atoms with E-state index in [9.17, 15) is 18.0 Å². The fourth-order valence-corrected chi connectivity index (χ4v) is 4.22. The van der Waals surface area contributed by atoms with Crippen LogP contribution in [0.2, 0.25) is 0 Å². The third-order valence-electron chi connectivity index (χ3n) is 4.66. The maximum absolute atomic E-state index is 12.7. The van der Waals surface area contributed by atoms with Gasteiger partial charge in [0.25, 0.3) is 15.4 Å². The van der Waals surface area contributed by atoms with E-state index in [0.717, 1.165) is 28.3 Å². The summed E-state index contributed by atoms with van der Waals surface area (Å²) in [6.45, 7) is 1.85. The molecule has 3 rings (SSSR count). The Balaban J connectivity index is 1.93. The van der Waals surface area contributed by atoms with Crippen LogP contribution in [0, 0.1) is 6.92 Å². The average Bonchev–Trinajstić information content (AvgIpc) is 2.71. The predicted molar refractivity (Wildman–Crippen MR) is 123 cm³/mol. The van der Waals surface area contributed by atoms with Crippen LogP contribution >= 0.6 is 11.8 Å². The van der Waals surface area contributed by atoms with Gasteiger partial charge in [0.15, 0.2) is 0 Å². The molecule has 1 amide bonds. The van der Waals surface area contributed by atoms with Crippen LogP contribution in [0.25, 0.3) is 11.0 Å². The molecule has 1 heterocycles. The molecule has 2 N–H and O–H groups in total. The van der Waals surface area contributed by atoms with E-state index in [4.69, 9.17) is 4.42 Å². The highest BCUT2D eigenvalue weighted by atomic mass is 32.2. The second-order valence-corrected chi connectivity index (χ2v) is 9.74. The summed E-state index contributed by atoms with van der Waals surface area (Å²) in [6, 6.07) is 12.2. The normalized spacial score (nSPS) is 11.5. The van der Waals surface area contributed by atoms with E-state index in [0.29, 0.717) is 21.7 Å². The van der Waals surface area contributed by atoms with E-state index in [-0.39, 0.29) is 11.7 Å². The van der Waals surface area contributed by atoms with Gasteiger partial charge in [0.1, 0.15) is 5.58 Å². The second-order valence-electron chi connectivity index (χ2n) is 7.10. The van der Waals surface area contributed by atoms with Crippen molar-refractivity contribution in [2.75, 3.05) is 25.9 Å². The zero-order valence-corrected chi connectivity index (χ0v) is 19.2. The molecule has 0 fully saturated rings. The summed E-state index contributed by atoms with van der Waals surface area (Å²) in [6.07, 6.45) is 0.287. The van der Waals surface area contributed by atoms with Crippen molar-refractivity contribution >= 4 is 43.9 Å². The molecular formula is C21H23N3O5S2. The van der Waals surface area contributed by atoms with Gasteiger partial charge in [0, 0.05) is 43.4 Å². The van der Waals surface area contributed by atoms with Crippen molar-refractivity contribution in [2.24, 2.45) is 0 Å². The maximum atomic E-state index is 12.7. The molecule has 164 valence electrons. The van der Waals surface area contributed by atoms with Gasteiger partial charge in [-0.25, -0.2) is 9.52 Å². The van der Waals surface area contributed by atoms with E-state index < -0.39 is 15.8 Å². The van der Waals surface area contributed by atoms with E-state index in [1.807, 2.05) is 25.1 Å². The largest absolute Gasteiger partial charge is 0.422 e. The number of hydrogen-bond acceptors (Lipinski definition) is 6. The maximum Gasteiger partial charge on any atom is 0.340 e. The molecule has 0 saturated carbocycles. The van der Waals surface area contributed by atoms with Gasteiger partial charge in [-0.2, -0.15) is 8.42 Å². The van der Waals surface area contributed by atoms with Crippen molar-refractivity contribution in [3.8, 4) is 0 Å². The molecule has 0 unspecified atom stereocenters. The smallest absolute Gasteiger partial charge is 0.340 e. The standard InChI is InChI=1S/C21H23N3O5S2/c1-13-17-9-8-16(30-21(26)24(3)4)12-19(17)29-20(25)18(13)11-14-6-5-7-15(10-14)23-31(27,28)22-2/h5-10,12,22-23H,11H2,1-4H3. The van der Waals surface area contributed by atoms with Gasteiger partial charge in [-0.3, -0.25) is 9.52 Å². The topological polar surface area (TPSA) is 109 Å². The van der Waals surface area contributed by atoms with E-state index in [1.165, 1.54) is 11.9 Å². The number of benzene rings is 2. The number of fused-ring (bicyclic) bond motifs is 1. The lowest BCUT2D eigenvalue weighted by Crippen LogP contribution is -2.26. The van der Waals surface area contributed by atoms with Crippen molar-refractivity contribution in [3.05, 3.63) is 69.6 Å². The Bertz CT molecular complexity index is 1300. The van der Waals surface area contributed by atoms with Gasteiger partial charge in [0.05, 0.1) is 5.69 Å². The summed E-state index contributed by atoms with van der Waals surface area (Å²) in [7, 11) is 1.03. The minimum absolute atomic E-state index is 0.121. The zero-order valence-electron chi connectivity index (χ0n) is 17.6. The molecule has 0 radical (unpaired) electrons. The minimum Gasteiger partial charge on any atom is -0.422 e. The van der Waals surface area contributed by atoms with Crippen LogP contribution in [-0.4, -0.2) is 39.7 Å². The number of amides is 1. The minimum atomic E-state index is -3.63. The summed E-state index contributed by atoms with van der Waals surface area (Å²) in [5, 5.41) is 0.659. The van der Waals surface area contributed by atoms with Gasteiger partial charge >= 0.3 is 5.63 Å². The van der Waals surface area contributed by atoms with E-state index in [2.05, 4.69) is 9.44 Å². The van der Waals surface area contributed by atoms with Crippen molar-refractivity contribution in [2.45, 2.75) is 18.2 Å². The summed E-state index contributed by atoms with van der Waals surface area (Å²) in [5.74, 6) is 0. The first-order chi connectivity index (χ1) is 14.6. The molecule has 1 aromatic heterocycles. The van der Waals surface area contributed by atoms with Gasteiger partial charge in [-0.1, -0.05) is 12.1 Å². The number of thioether (sulfide) groups is 1. The summed E-state index contributed by atoms with van der Waals surface area (Å²) in [5.41, 5.74) is 2.37. The first-order valence-electron chi connectivity index (χ1n) is 9.35. The molecule has 10 heteroatoms. The average molecular weight is 462 g/mol. The van der Waals surface area contributed by atoms with Crippen molar-refractivity contribution in [1.29, 1.82) is 0 Å². The third kappa shape index (κ3) is 5.46. The lowest BCUT2D eigenvalue weighted by atomic mass is 9.99. The molecule has 0 atom stereocenters. The van der Waals surface area contributed by atoms with Crippen molar-refractivity contribution in [1.82, 2.24) is 9.62 Å². The number of hydrogen-bond donors (Lipinski definition) is 2. The van der Waals surface area contributed by atoms with Crippen LogP contribution in [0.5, 0.6) is 0 Å².